The Morgan fingerprint density at radius 2 is 2.44 bits per heavy atom. The maximum atomic E-state index is 5.34. The molecule has 6 nitrogen and oxygen atoms in total. The predicted molar refractivity (Wildman–Crippen MR) is 64.8 cm³/mol. The highest BCUT2D eigenvalue weighted by Crippen LogP contribution is 1.95. The first kappa shape index (κ1) is 12.5. The van der Waals surface area contributed by atoms with Crippen molar-refractivity contribution in [3.63, 3.8) is 0 Å². The molecule has 0 aliphatic rings. The van der Waals surface area contributed by atoms with Crippen LogP contribution in [0.15, 0.2) is 17.4 Å². The Balaban J connectivity index is 2.28. The van der Waals surface area contributed by atoms with Crippen LogP contribution in [-0.4, -0.2) is 28.8 Å². The number of hydrogen-bond donors (Lipinski definition) is 3. The molecule has 1 aromatic heterocycles. The van der Waals surface area contributed by atoms with Crippen LogP contribution in [0.3, 0.4) is 0 Å². The largest absolute Gasteiger partial charge is 0.355 e. The summed E-state index contributed by atoms with van der Waals surface area (Å²) in [6, 6.07) is 0. The van der Waals surface area contributed by atoms with Crippen LogP contribution in [0.2, 0.25) is 0 Å². The Hall–Kier alpha value is -1.56. The van der Waals surface area contributed by atoms with Gasteiger partial charge in [0.2, 0.25) is 5.96 Å². The molecule has 0 saturated heterocycles. The van der Waals surface area contributed by atoms with Gasteiger partial charge in [-0.05, 0) is 18.4 Å². The first-order chi connectivity index (χ1) is 7.76. The van der Waals surface area contributed by atoms with Gasteiger partial charge in [0.1, 0.15) is 0 Å². The average molecular weight is 224 g/mol. The van der Waals surface area contributed by atoms with Gasteiger partial charge < -0.3 is 5.32 Å². The van der Waals surface area contributed by atoms with E-state index in [2.05, 4.69) is 27.8 Å². The first-order valence-electron chi connectivity index (χ1n) is 5.48. The molecule has 0 unspecified atom stereocenters. The van der Waals surface area contributed by atoms with Crippen molar-refractivity contribution in [1.29, 1.82) is 0 Å². The van der Waals surface area contributed by atoms with Crippen LogP contribution in [0.4, 0.5) is 0 Å². The minimum atomic E-state index is 0.644. The highest BCUT2D eigenvalue weighted by Gasteiger charge is 1.97. The third kappa shape index (κ3) is 4.31. The number of aliphatic imine (C=N–C) groups is 1. The lowest BCUT2D eigenvalue weighted by atomic mass is 10.2. The third-order valence-electron chi connectivity index (χ3n) is 2.09. The van der Waals surface area contributed by atoms with Gasteiger partial charge in [0.05, 0.1) is 6.20 Å². The number of guanidine groups is 1. The molecule has 4 N–H and O–H groups in total. The van der Waals surface area contributed by atoms with E-state index in [1.807, 2.05) is 19.4 Å². The van der Waals surface area contributed by atoms with E-state index in [-0.39, 0.29) is 0 Å². The number of nitrogens with zero attached hydrogens (tertiary/aromatic N) is 3. The van der Waals surface area contributed by atoms with Crippen LogP contribution in [0, 0.1) is 0 Å². The number of nitrogens with one attached hydrogen (secondary N) is 2. The van der Waals surface area contributed by atoms with Gasteiger partial charge in [-0.1, -0.05) is 6.92 Å². The van der Waals surface area contributed by atoms with Crippen molar-refractivity contribution >= 4 is 5.96 Å². The Kier molecular flexibility index (Phi) is 5.35. The highest BCUT2D eigenvalue weighted by atomic mass is 15.3. The van der Waals surface area contributed by atoms with E-state index in [1.54, 1.807) is 4.68 Å². The average Bonchev–Trinajstić information content (AvgIpc) is 2.69. The lowest BCUT2D eigenvalue weighted by Gasteiger charge is -2.07. The topological polar surface area (TPSA) is 80.3 Å². The molecule has 90 valence electrons. The summed E-state index contributed by atoms with van der Waals surface area (Å²) in [4.78, 5) is 4.25. The summed E-state index contributed by atoms with van der Waals surface area (Å²) in [6.07, 6.45) is 5.77. The zero-order chi connectivity index (χ0) is 11.8. The monoisotopic (exact) mass is 224 g/mol. The second-order valence-electron chi connectivity index (χ2n) is 3.57. The van der Waals surface area contributed by atoms with E-state index in [1.165, 1.54) is 5.56 Å². The quantitative estimate of drug-likeness (QED) is 0.280. The number of hydrogen-bond acceptors (Lipinski definition) is 3. The van der Waals surface area contributed by atoms with E-state index in [0.717, 1.165) is 25.9 Å². The summed E-state index contributed by atoms with van der Waals surface area (Å²) < 4.78 is 1.79. The summed E-state index contributed by atoms with van der Waals surface area (Å²) in [5.41, 5.74) is 3.74. The van der Waals surface area contributed by atoms with Crippen LogP contribution in [0.25, 0.3) is 0 Å². The molecule has 1 rings (SSSR count). The van der Waals surface area contributed by atoms with Gasteiger partial charge in [0.25, 0.3) is 0 Å². The van der Waals surface area contributed by atoms with Crippen LogP contribution in [-0.2, 0) is 13.5 Å². The minimum absolute atomic E-state index is 0.644. The minimum Gasteiger partial charge on any atom is -0.355 e. The summed E-state index contributed by atoms with van der Waals surface area (Å²) in [5.74, 6) is 5.98. The molecule has 0 spiro atoms. The zero-order valence-corrected chi connectivity index (χ0v) is 9.90. The molecule has 1 aromatic rings. The second kappa shape index (κ2) is 6.84. The summed E-state index contributed by atoms with van der Waals surface area (Å²) in [5, 5.41) is 7.24. The molecule has 0 fully saturated rings. The molecule has 1 heterocycles. The predicted octanol–water partition coefficient (Wildman–Crippen LogP) is -0.218. The van der Waals surface area contributed by atoms with Gasteiger partial charge in [-0.25, -0.2) is 5.84 Å². The molecular formula is C10H20N6. The van der Waals surface area contributed by atoms with E-state index in [0.29, 0.717) is 5.96 Å². The van der Waals surface area contributed by atoms with E-state index >= 15 is 0 Å². The Labute approximate surface area is 95.9 Å². The number of nitrogens with two attached hydrogens (primary N) is 1. The van der Waals surface area contributed by atoms with E-state index in [9.17, 15) is 0 Å². The number of rotatable bonds is 5. The van der Waals surface area contributed by atoms with E-state index in [4.69, 9.17) is 5.84 Å². The molecule has 0 radical (unpaired) electrons. The molecular weight excluding hydrogens is 204 g/mol. The number of aryl methyl sites for hydroxylation is 1. The van der Waals surface area contributed by atoms with Gasteiger partial charge in [-0.2, -0.15) is 5.10 Å². The molecule has 0 aliphatic heterocycles. The molecule has 0 aromatic carbocycles. The van der Waals surface area contributed by atoms with Gasteiger partial charge >= 0.3 is 0 Å². The van der Waals surface area contributed by atoms with Crippen LogP contribution in [0.5, 0.6) is 0 Å². The smallest absolute Gasteiger partial charge is 0.205 e. The highest BCUT2D eigenvalue weighted by molar-refractivity contribution is 5.79. The normalized spacial score (nSPS) is 11.6. The fourth-order valence-electron chi connectivity index (χ4n) is 1.30. The third-order valence-corrected chi connectivity index (χ3v) is 2.09. The van der Waals surface area contributed by atoms with Gasteiger partial charge in [-0.15, -0.1) is 0 Å². The van der Waals surface area contributed by atoms with Crippen molar-refractivity contribution < 1.29 is 0 Å². The van der Waals surface area contributed by atoms with Crippen LogP contribution >= 0.6 is 0 Å². The Bertz CT molecular complexity index is 330. The molecule has 0 aliphatic carbocycles. The van der Waals surface area contributed by atoms with Crippen molar-refractivity contribution in [3.05, 3.63) is 18.0 Å². The maximum Gasteiger partial charge on any atom is 0.205 e. The molecule has 0 bridgehead atoms. The molecule has 0 saturated carbocycles. The molecule has 0 amide bonds. The Morgan fingerprint density at radius 1 is 1.62 bits per heavy atom. The van der Waals surface area contributed by atoms with Crippen LogP contribution in [0.1, 0.15) is 18.9 Å². The second-order valence-corrected chi connectivity index (χ2v) is 3.57. The summed E-state index contributed by atoms with van der Waals surface area (Å²) >= 11 is 0. The molecule has 6 heteroatoms. The van der Waals surface area contributed by atoms with Crippen molar-refractivity contribution in [2.45, 2.75) is 19.8 Å². The maximum absolute atomic E-state index is 5.34. The fourth-order valence-corrected chi connectivity index (χ4v) is 1.30. The Morgan fingerprint density at radius 3 is 3.00 bits per heavy atom. The van der Waals surface area contributed by atoms with Crippen molar-refractivity contribution in [2.75, 3.05) is 13.1 Å². The fraction of sp³-hybridized carbons (Fsp3) is 0.600. The van der Waals surface area contributed by atoms with Gasteiger partial charge in [-0.3, -0.25) is 15.1 Å². The lowest BCUT2D eigenvalue weighted by molar-refractivity contribution is 0.765. The van der Waals surface area contributed by atoms with Crippen molar-refractivity contribution in [2.24, 2.45) is 17.9 Å². The van der Waals surface area contributed by atoms with Crippen molar-refractivity contribution in [3.8, 4) is 0 Å². The first-order valence-corrected chi connectivity index (χ1v) is 5.48. The molecule has 0 atom stereocenters. The standard InChI is InChI=1S/C10H20N6/c1-3-5-12-10(15-11)13-6-4-9-7-14-16(2)8-9/h7-8H,3-6,11H2,1-2H3,(H2,12,13,15). The number of aromatic nitrogens is 2. The van der Waals surface area contributed by atoms with Crippen molar-refractivity contribution in [1.82, 2.24) is 20.5 Å². The summed E-state index contributed by atoms with van der Waals surface area (Å²) in [6.45, 7) is 3.64. The SMILES string of the molecule is CCCN=C(NN)NCCc1cnn(C)c1. The van der Waals surface area contributed by atoms with Gasteiger partial charge in [0, 0.05) is 26.3 Å². The zero-order valence-electron chi connectivity index (χ0n) is 9.90. The van der Waals surface area contributed by atoms with Gasteiger partial charge in [0.15, 0.2) is 0 Å². The van der Waals surface area contributed by atoms with Crippen LogP contribution < -0.4 is 16.6 Å². The number of hydrazine groups is 1. The lowest BCUT2D eigenvalue weighted by Crippen LogP contribution is -2.42. The summed E-state index contributed by atoms with van der Waals surface area (Å²) in [7, 11) is 1.91. The molecule has 16 heavy (non-hydrogen) atoms. The van der Waals surface area contributed by atoms with E-state index < -0.39 is 0 Å².